The topological polar surface area (TPSA) is 151 Å². The number of rotatable bonds is 8. The van der Waals surface area contributed by atoms with E-state index in [4.69, 9.17) is 34.2 Å². The number of aliphatic hydroxyl groups is 2. The summed E-state index contributed by atoms with van der Waals surface area (Å²) in [4.78, 5) is 11.6. The Hall–Kier alpha value is -0.890. The summed E-state index contributed by atoms with van der Waals surface area (Å²) in [5, 5.41) is 24.1. The normalized spacial score (nSPS) is 43.2. The molecule has 11 heteroatoms. The van der Waals surface area contributed by atoms with Crippen molar-refractivity contribution in [2.45, 2.75) is 69.0 Å². The average Bonchev–Trinajstić information content (AvgIpc) is 2.68. The third-order valence-corrected chi connectivity index (χ3v) is 5.37. The average molecular weight is 422 g/mol. The lowest BCUT2D eigenvalue weighted by Gasteiger charge is -2.47. The summed E-state index contributed by atoms with van der Waals surface area (Å²) in [5.74, 6) is -0.629. The van der Waals surface area contributed by atoms with Crippen LogP contribution in [0.1, 0.15) is 13.8 Å². The Morgan fingerprint density at radius 1 is 1.03 bits per heavy atom. The molecule has 10 atom stereocenters. The van der Waals surface area contributed by atoms with Gasteiger partial charge >= 0.3 is 0 Å². The molecule has 11 nitrogen and oxygen atoms in total. The van der Waals surface area contributed by atoms with E-state index in [9.17, 15) is 15.0 Å². The van der Waals surface area contributed by atoms with Gasteiger partial charge in [-0.25, -0.2) is 0 Å². The fraction of sp³-hybridized carbons (Fsp3) is 0.944. The van der Waals surface area contributed by atoms with Crippen LogP contribution in [0.5, 0.6) is 0 Å². The number of ether oxygens (including phenoxy) is 6. The molecule has 1 amide bonds. The molecule has 2 rings (SSSR count). The van der Waals surface area contributed by atoms with Crippen LogP contribution in [0.2, 0.25) is 0 Å². The highest BCUT2D eigenvalue weighted by Gasteiger charge is 2.50. The number of amides is 1. The highest BCUT2D eigenvalue weighted by molar-refractivity contribution is 5.73. The van der Waals surface area contributed by atoms with Gasteiger partial charge in [-0.15, -0.1) is 0 Å². The minimum Gasteiger partial charge on any atom is -0.391 e. The van der Waals surface area contributed by atoms with Gasteiger partial charge in [-0.3, -0.25) is 4.79 Å². The molecule has 2 fully saturated rings. The number of carbonyl (C=O) groups excluding carboxylic acids is 1. The van der Waals surface area contributed by atoms with E-state index in [1.54, 1.807) is 0 Å². The maximum Gasteiger partial charge on any atom is 0.217 e. The Labute approximate surface area is 170 Å². The number of methoxy groups -OCH3 is 3. The van der Waals surface area contributed by atoms with Crippen molar-refractivity contribution in [3.8, 4) is 0 Å². The van der Waals surface area contributed by atoms with Gasteiger partial charge in [0.2, 0.25) is 5.91 Å². The van der Waals surface area contributed by atoms with Gasteiger partial charge in [-0.1, -0.05) is 6.92 Å². The van der Waals surface area contributed by atoms with E-state index < -0.39 is 55.2 Å². The first-order valence-corrected chi connectivity index (χ1v) is 9.61. The molecule has 0 aromatic rings. The van der Waals surface area contributed by atoms with E-state index in [2.05, 4.69) is 5.32 Å². The number of hydrogen-bond donors (Lipinski definition) is 4. The Kier molecular flexibility index (Phi) is 9.19. The molecule has 0 saturated carbocycles. The van der Waals surface area contributed by atoms with Crippen LogP contribution in [-0.4, -0.2) is 106 Å². The Balaban J connectivity index is 2.22. The fourth-order valence-electron chi connectivity index (χ4n) is 3.73. The minimum atomic E-state index is -1.20. The number of nitrogens with one attached hydrogen (secondary N) is 1. The summed E-state index contributed by atoms with van der Waals surface area (Å²) in [6.45, 7) is 3.48. The van der Waals surface area contributed by atoms with E-state index in [1.807, 2.05) is 6.92 Å². The molecule has 2 aliphatic rings. The van der Waals surface area contributed by atoms with Gasteiger partial charge in [0.05, 0.1) is 31.5 Å². The summed E-state index contributed by atoms with van der Waals surface area (Å²) in [5.41, 5.74) is 6.13. The zero-order valence-electron chi connectivity index (χ0n) is 17.5. The van der Waals surface area contributed by atoms with Crippen molar-refractivity contribution in [3.05, 3.63) is 0 Å². The van der Waals surface area contributed by atoms with Gasteiger partial charge < -0.3 is 49.7 Å². The molecule has 2 aliphatic heterocycles. The smallest absolute Gasteiger partial charge is 0.217 e. The number of aliphatic hydroxyl groups excluding tert-OH is 2. The summed E-state index contributed by atoms with van der Waals surface area (Å²) >= 11 is 0. The number of carbonyl (C=O) groups is 1. The molecule has 0 aromatic heterocycles. The monoisotopic (exact) mass is 422 g/mol. The number of hydrogen-bond acceptors (Lipinski definition) is 10. The van der Waals surface area contributed by atoms with E-state index in [-0.39, 0.29) is 25.0 Å². The SMILES string of the molecule is COCC1OC(OC2C(COC)OC(OC)C(NC(C)=O)C2O)C(N)C(O)C1C. The van der Waals surface area contributed by atoms with E-state index in [0.717, 1.165) is 0 Å². The zero-order chi connectivity index (χ0) is 21.7. The molecule has 5 N–H and O–H groups in total. The van der Waals surface area contributed by atoms with Crippen LogP contribution >= 0.6 is 0 Å². The van der Waals surface area contributed by atoms with Crippen LogP contribution in [0, 0.1) is 5.92 Å². The first-order valence-electron chi connectivity index (χ1n) is 9.61. The maximum atomic E-state index is 11.6. The fourth-order valence-corrected chi connectivity index (χ4v) is 3.73. The first kappa shape index (κ1) is 24.4. The molecule has 29 heavy (non-hydrogen) atoms. The lowest BCUT2D eigenvalue weighted by molar-refractivity contribution is -0.324. The van der Waals surface area contributed by atoms with Crippen LogP contribution in [0.3, 0.4) is 0 Å². The highest BCUT2D eigenvalue weighted by atomic mass is 16.7. The molecular formula is C18H34N2O9. The van der Waals surface area contributed by atoms with Crippen molar-refractivity contribution in [2.75, 3.05) is 34.5 Å². The van der Waals surface area contributed by atoms with E-state index >= 15 is 0 Å². The van der Waals surface area contributed by atoms with Crippen molar-refractivity contribution in [1.82, 2.24) is 5.32 Å². The summed E-state index contributed by atoms with van der Waals surface area (Å²) in [6, 6.07) is -1.73. The third-order valence-electron chi connectivity index (χ3n) is 5.37. The van der Waals surface area contributed by atoms with Crippen LogP contribution < -0.4 is 11.1 Å². The lowest BCUT2D eigenvalue weighted by atomic mass is 9.89. The van der Waals surface area contributed by atoms with E-state index in [0.29, 0.717) is 0 Å². The summed E-state index contributed by atoms with van der Waals surface area (Å²) in [7, 11) is 4.42. The Bertz CT molecular complexity index is 526. The summed E-state index contributed by atoms with van der Waals surface area (Å²) in [6.07, 6.45) is -6.15. The molecule has 10 unspecified atom stereocenters. The first-order chi connectivity index (χ1) is 13.7. The Morgan fingerprint density at radius 3 is 2.17 bits per heavy atom. The second-order valence-electron chi connectivity index (χ2n) is 7.48. The molecular weight excluding hydrogens is 388 g/mol. The molecule has 2 saturated heterocycles. The van der Waals surface area contributed by atoms with Gasteiger partial charge in [-0.2, -0.15) is 0 Å². The Morgan fingerprint density at radius 2 is 1.62 bits per heavy atom. The van der Waals surface area contributed by atoms with Gasteiger partial charge in [-0.05, 0) is 0 Å². The van der Waals surface area contributed by atoms with Crippen molar-refractivity contribution in [2.24, 2.45) is 11.7 Å². The third kappa shape index (κ3) is 5.63. The molecule has 0 spiro atoms. The van der Waals surface area contributed by atoms with Crippen molar-refractivity contribution < 1.29 is 43.4 Å². The van der Waals surface area contributed by atoms with Gasteiger partial charge in [0, 0.05) is 34.2 Å². The predicted octanol–water partition coefficient (Wildman–Crippen LogP) is -2.05. The second kappa shape index (κ2) is 10.9. The predicted molar refractivity (Wildman–Crippen MR) is 99.7 cm³/mol. The zero-order valence-corrected chi connectivity index (χ0v) is 17.5. The van der Waals surface area contributed by atoms with Crippen molar-refractivity contribution in [1.29, 1.82) is 0 Å². The largest absolute Gasteiger partial charge is 0.391 e. The second-order valence-corrected chi connectivity index (χ2v) is 7.48. The van der Waals surface area contributed by atoms with Crippen molar-refractivity contribution >= 4 is 5.91 Å². The van der Waals surface area contributed by atoms with Gasteiger partial charge in [0.25, 0.3) is 0 Å². The van der Waals surface area contributed by atoms with Crippen LogP contribution in [0.4, 0.5) is 0 Å². The maximum absolute atomic E-state index is 11.6. The quantitative estimate of drug-likeness (QED) is 0.344. The van der Waals surface area contributed by atoms with Crippen molar-refractivity contribution in [3.63, 3.8) is 0 Å². The molecule has 0 aliphatic carbocycles. The van der Waals surface area contributed by atoms with Crippen LogP contribution in [0.25, 0.3) is 0 Å². The highest BCUT2D eigenvalue weighted by Crippen LogP contribution is 2.31. The minimum absolute atomic E-state index is 0.0940. The molecule has 0 bridgehead atoms. The molecule has 170 valence electrons. The van der Waals surface area contributed by atoms with Crippen LogP contribution in [0.15, 0.2) is 0 Å². The standard InChI is InChI=1S/C18H34N2O9/c1-8-10(6-24-3)27-17(12(19)14(8)22)29-16-11(7-25-4)28-18(26-5)13(15(16)23)20-9(2)21/h8,10-18,22-23H,6-7,19H2,1-5H3,(H,20,21). The van der Waals surface area contributed by atoms with Crippen LogP contribution in [-0.2, 0) is 33.2 Å². The summed E-state index contributed by atoms with van der Waals surface area (Å²) < 4.78 is 33.4. The van der Waals surface area contributed by atoms with Gasteiger partial charge in [0.1, 0.15) is 24.4 Å². The lowest BCUT2D eigenvalue weighted by Crippen LogP contribution is -2.67. The molecule has 0 aromatic carbocycles. The van der Waals surface area contributed by atoms with Gasteiger partial charge in [0.15, 0.2) is 12.6 Å². The molecule has 0 radical (unpaired) electrons. The molecule has 2 heterocycles. The number of nitrogens with two attached hydrogens (primary N) is 1. The van der Waals surface area contributed by atoms with E-state index in [1.165, 1.54) is 28.3 Å².